The topological polar surface area (TPSA) is 82.1 Å². The van der Waals surface area contributed by atoms with Crippen LogP contribution in [0.5, 0.6) is 0 Å². The highest BCUT2D eigenvalue weighted by Crippen LogP contribution is 2.37. The van der Waals surface area contributed by atoms with Gasteiger partial charge in [0.15, 0.2) is 0 Å². The van der Waals surface area contributed by atoms with Gasteiger partial charge in [0.2, 0.25) is 0 Å². The molecule has 0 spiro atoms. The SMILES string of the molecule is COC(C(C)OC(C)=O)C(C)C(O)C1(C)CC(C)C(=O)O1. The molecule has 1 heterocycles. The molecule has 0 aromatic heterocycles. The second kappa shape index (κ2) is 6.75. The molecule has 0 bridgehead atoms. The van der Waals surface area contributed by atoms with Crippen LogP contribution >= 0.6 is 0 Å². The predicted octanol–water partition coefficient (Wildman–Crippen LogP) is 1.29. The zero-order valence-corrected chi connectivity index (χ0v) is 13.6. The number of ether oxygens (including phenoxy) is 3. The van der Waals surface area contributed by atoms with Gasteiger partial charge in [0, 0.05) is 26.4 Å². The fourth-order valence-corrected chi connectivity index (χ4v) is 3.14. The Bertz CT molecular complexity index is 396. The summed E-state index contributed by atoms with van der Waals surface area (Å²) >= 11 is 0. The second-order valence-electron chi connectivity index (χ2n) is 6.16. The van der Waals surface area contributed by atoms with Crippen LogP contribution in [0, 0.1) is 11.8 Å². The zero-order chi connectivity index (χ0) is 16.4. The van der Waals surface area contributed by atoms with Crippen LogP contribution in [0.3, 0.4) is 0 Å². The maximum absolute atomic E-state index is 11.6. The van der Waals surface area contributed by atoms with E-state index >= 15 is 0 Å². The van der Waals surface area contributed by atoms with Gasteiger partial charge in [0.05, 0.1) is 18.1 Å². The number of hydrogen-bond donors (Lipinski definition) is 1. The first-order valence-electron chi connectivity index (χ1n) is 7.23. The van der Waals surface area contributed by atoms with Gasteiger partial charge in [0.1, 0.15) is 11.7 Å². The largest absolute Gasteiger partial charge is 0.460 e. The van der Waals surface area contributed by atoms with Gasteiger partial charge in [-0.2, -0.15) is 0 Å². The molecule has 6 heteroatoms. The molecule has 21 heavy (non-hydrogen) atoms. The summed E-state index contributed by atoms with van der Waals surface area (Å²) in [6, 6.07) is 0. The number of rotatable bonds is 6. The van der Waals surface area contributed by atoms with Crippen molar-refractivity contribution in [1.82, 2.24) is 0 Å². The summed E-state index contributed by atoms with van der Waals surface area (Å²) in [5.74, 6) is -1.31. The van der Waals surface area contributed by atoms with Crippen LogP contribution in [-0.2, 0) is 23.8 Å². The number of hydrogen-bond acceptors (Lipinski definition) is 6. The van der Waals surface area contributed by atoms with Crippen LogP contribution in [0.2, 0.25) is 0 Å². The third-order valence-electron chi connectivity index (χ3n) is 4.18. The van der Waals surface area contributed by atoms with E-state index in [9.17, 15) is 14.7 Å². The minimum Gasteiger partial charge on any atom is -0.460 e. The molecule has 0 aromatic carbocycles. The first-order valence-corrected chi connectivity index (χ1v) is 7.23. The number of cyclic esters (lactones) is 1. The summed E-state index contributed by atoms with van der Waals surface area (Å²) in [6.45, 7) is 8.33. The summed E-state index contributed by atoms with van der Waals surface area (Å²) in [5.41, 5.74) is -0.942. The van der Waals surface area contributed by atoms with Gasteiger partial charge in [-0.3, -0.25) is 9.59 Å². The Morgan fingerprint density at radius 2 is 2.05 bits per heavy atom. The van der Waals surface area contributed by atoms with Crippen molar-refractivity contribution in [3.05, 3.63) is 0 Å². The van der Waals surface area contributed by atoms with Crippen molar-refractivity contribution in [2.45, 2.75) is 65.0 Å². The van der Waals surface area contributed by atoms with Gasteiger partial charge in [0.25, 0.3) is 0 Å². The van der Waals surface area contributed by atoms with Gasteiger partial charge in [-0.15, -0.1) is 0 Å². The molecule has 6 nitrogen and oxygen atoms in total. The van der Waals surface area contributed by atoms with Crippen molar-refractivity contribution in [2.24, 2.45) is 11.8 Å². The van der Waals surface area contributed by atoms with E-state index in [0.29, 0.717) is 6.42 Å². The first-order chi connectivity index (χ1) is 9.62. The van der Waals surface area contributed by atoms with Crippen molar-refractivity contribution >= 4 is 11.9 Å². The molecule has 0 aliphatic carbocycles. The Morgan fingerprint density at radius 3 is 2.43 bits per heavy atom. The predicted molar refractivity (Wildman–Crippen MR) is 75.5 cm³/mol. The second-order valence-corrected chi connectivity index (χ2v) is 6.16. The van der Waals surface area contributed by atoms with E-state index in [1.807, 2.05) is 0 Å². The summed E-state index contributed by atoms with van der Waals surface area (Å²) in [4.78, 5) is 22.7. The van der Waals surface area contributed by atoms with Gasteiger partial charge < -0.3 is 19.3 Å². The fraction of sp³-hybridized carbons (Fsp3) is 0.867. The lowest BCUT2D eigenvalue weighted by atomic mass is 9.81. The minimum absolute atomic E-state index is 0.233. The molecule has 0 radical (unpaired) electrons. The maximum atomic E-state index is 11.6. The van der Waals surface area contributed by atoms with E-state index in [4.69, 9.17) is 14.2 Å². The van der Waals surface area contributed by atoms with E-state index in [1.165, 1.54) is 14.0 Å². The molecule has 1 rings (SSSR count). The Hall–Kier alpha value is -1.14. The average molecular weight is 302 g/mol. The molecule has 1 N–H and O–H groups in total. The quantitative estimate of drug-likeness (QED) is 0.745. The number of aliphatic hydroxyl groups excluding tert-OH is 1. The molecule has 1 aliphatic heterocycles. The smallest absolute Gasteiger partial charge is 0.309 e. The summed E-state index contributed by atoms with van der Waals surface area (Å²) in [7, 11) is 1.50. The Balaban J connectivity index is 2.82. The lowest BCUT2D eigenvalue weighted by molar-refractivity contribution is -0.173. The standard InChI is InChI=1S/C15H26O6/c1-8-7-15(5,21-14(8)18)13(17)9(2)12(19-6)10(3)20-11(4)16/h8-10,12-13,17H,7H2,1-6H3. The number of aliphatic hydroxyl groups is 1. The Morgan fingerprint density at radius 1 is 1.48 bits per heavy atom. The van der Waals surface area contributed by atoms with E-state index < -0.39 is 29.9 Å². The molecule has 0 amide bonds. The number of methoxy groups -OCH3 is 1. The molecule has 0 aromatic rings. The normalized spacial score (nSPS) is 31.2. The van der Waals surface area contributed by atoms with Crippen molar-refractivity contribution in [2.75, 3.05) is 7.11 Å². The highest BCUT2D eigenvalue weighted by atomic mass is 16.6. The molecule has 6 atom stereocenters. The van der Waals surface area contributed by atoms with Crippen LogP contribution in [0.25, 0.3) is 0 Å². The summed E-state index contributed by atoms with van der Waals surface area (Å²) in [5, 5.41) is 10.6. The van der Waals surface area contributed by atoms with Gasteiger partial charge in [-0.05, 0) is 13.8 Å². The van der Waals surface area contributed by atoms with Gasteiger partial charge in [-0.25, -0.2) is 0 Å². The molecule has 122 valence electrons. The van der Waals surface area contributed by atoms with E-state index in [0.717, 1.165) is 0 Å². The fourth-order valence-electron chi connectivity index (χ4n) is 3.14. The highest BCUT2D eigenvalue weighted by molar-refractivity contribution is 5.75. The number of esters is 2. The molecule has 1 saturated heterocycles. The molecular formula is C15H26O6. The molecular weight excluding hydrogens is 276 g/mol. The average Bonchev–Trinajstić information content (AvgIpc) is 2.63. The number of carbonyl (C=O) groups excluding carboxylic acids is 2. The van der Waals surface area contributed by atoms with Crippen molar-refractivity contribution in [1.29, 1.82) is 0 Å². The van der Waals surface area contributed by atoms with Crippen LogP contribution in [0.1, 0.15) is 41.0 Å². The van der Waals surface area contributed by atoms with Gasteiger partial charge in [-0.1, -0.05) is 13.8 Å². The van der Waals surface area contributed by atoms with Crippen molar-refractivity contribution < 1.29 is 28.9 Å². The van der Waals surface area contributed by atoms with E-state index in [-0.39, 0.29) is 17.8 Å². The summed E-state index contributed by atoms with van der Waals surface area (Å²) in [6.07, 6.45) is -1.45. The first kappa shape index (κ1) is 17.9. The molecule has 6 unspecified atom stereocenters. The maximum Gasteiger partial charge on any atom is 0.309 e. The zero-order valence-electron chi connectivity index (χ0n) is 13.6. The Kier molecular flexibility index (Phi) is 5.75. The number of carbonyl (C=O) groups is 2. The van der Waals surface area contributed by atoms with Crippen molar-refractivity contribution in [3.8, 4) is 0 Å². The lowest BCUT2D eigenvalue weighted by Crippen LogP contribution is -2.50. The van der Waals surface area contributed by atoms with E-state index in [1.54, 1.807) is 27.7 Å². The van der Waals surface area contributed by atoms with Crippen LogP contribution in [0.15, 0.2) is 0 Å². The summed E-state index contributed by atoms with van der Waals surface area (Å²) < 4.78 is 15.9. The molecule has 0 saturated carbocycles. The van der Waals surface area contributed by atoms with Crippen molar-refractivity contribution in [3.63, 3.8) is 0 Å². The van der Waals surface area contributed by atoms with E-state index in [2.05, 4.69) is 0 Å². The lowest BCUT2D eigenvalue weighted by Gasteiger charge is -2.37. The highest BCUT2D eigenvalue weighted by Gasteiger charge is 2.50. The molecule has 1 aliphatic rings. The Labute approximate surface area is 125 Å². The minimum atomic E-state index is -0.942. The van der Waals surface area contributed by atoms with Crippen LogP contribution in [-0.4, -0.2) is 48.1 Å². The molecule has 1 fully saturated rings. The van der Waals surface area contributed by atoms with Gasteiger partial charge >= 0.3 is 11.9 Å². The third-order valence-corrected chi connectivity index (χ3v) is 4.18. The monoisotopic (exact) mass is 302 g/mol. The third kappa shape index (κ3) is 3.95. The van der Waals surface area contributed by atoms with Crippen LogP contribution in [0.4, 0.5) is 0 Å². The van der Waals surface area contributed by atoms with Crippen LogP contribution < -0.4 is 0 Å².